The predicted octanol–water partition coefficient (Wildman–Crippen LogP) is 12.0. The third-order valence-corrected chi connectivity index (χ3v) is 24.7. The first-order chi connectivity index (χ1) is 20.2. The predicted molar refractivity (Wildman–Crippen MR) is 176 cm³/mol. The third-order valence-electron chi connectivity index (χ3n) is 10.7. The van der Waals surface area contributed by atoms with Crippen molar-refractivity contribution < 1.29 is 27.0 Å². The molecule has 0 amide bonds. The van der Waals surface area contributed by atoms with Gasteiger partial charge in [-0.3, -0.25) is 0 Å². The van der Waals surface area contributed by atoms with E-state index in [4.69, 9.17) is 9.47 Å². The minimum atomic E-state index is -3.19. The van der Waals surface area contributed by atoms with E-state index in [2.05, 4.69) is 59.6 Å². The average molecular weight is 795 g/mol. The van der Waals surface area contributed by atoms with Crippen molar-refractivity contribution in [2.75, 3.05) is 10.9 Å². The van der Waals surface area contributed by atoms with E-state index in [1.165, 1.54) is 12.1 Å². The van der Waals surface area contributed by atoms with Crippen LogP contribution in [0.1, 0.15) is 117 Å². The summed E-state index contributed by atoms with van der Waals surface area (Å²) in [6.07, 6.45) is 8.99. The van der Waals surface area contributed by atoms with Crippen LogP contribution in [0.5, 0.6) is 11.5 Å². The molecule has 0 aromatic heterocycles. The van der Waals surface area contributed by atoms with Crippen LogP contribution in [-0.2, 0) is 10.8 Å². The fourth-order valence-corrected chi connectivity index (χ4v) is 15.8. The van der Waals surface area contributed by atoms with Crippen LogP contribution in [0.15, 0.2) is 21.1 Å². The molecule has 0 aliphatic heterocycles. The third kappa shape index (κ3) is 7.01. The Morgan fingerprint density at radius 3 is 1.28 bits per heavy atom. The Balaban J connectivity index is 1.59. The molecule has 0 unspecified atom stereocenters. The van der Waals surface area contributed by atoms with Gasteiger partial charge in [-0.2, -0.15) is 0 Å². The summed E-state index contributed by atoms with van der Waals surface area (Å²) in [5, 5.41) is 0. The molecule has 2 aliphatic carbocycles. The normalized spacial score (nSPS) is 18.7. The molecule has 4 rings (SSSR count). The summed E-state index contributed by atoms with van der Waals surface area (Å²) in [5.41, 5.74) is -0.254. The minimum absolute atomic E-state index is 0.134. The summed E-state index contributed by atoms with van der Waals surface area (Å²) >= 11 is 3.56. The summed E-state index contributed by atoms with van der Waals surface area (Å²) < 4.78 is 75.7. The molecule has 0 N–H and O–H groups in total. The van der Waals surface area contributed by atoms with E-state index < -0.39 is 47.4 Å². The number of ether oxygens (including phenoxy) is 2. The van der Waals surface area contributed by atoms with Crippen LogP contribution in [0.3, 0.4) is 0 Å². The molecule has 0 heterocycles. The maximum atomic E-state index is 15.7. The van der Waals surface area contributed by atoms with Crippen molar-refractivity contribution in [2.45, 2.75) is 126 Å². The topological polar surface area (TPSA) is 18.5 Å². The van der Waals surface area contributed by atoms with E-state index >= 15 is 17.6 Å². The van der Waals surface area contributed by atoms with Gasteiger partial charge in [0, 0.05) is 0 Å². The van der Waals surface area contributed by atoms with E-state index in [-0.39, 0.29) is 52.0 Å². The first kappa shape index (κ1) is 35.1. The Labute approximate surface area is 274 Å². The molecule has 0 saturated heterocycles. The number of hydrogen-bond acceptors (Lipinski definition) is 2. The molecule has 0 bridgehead atoms. The summed E-state index contributed by atoms with van der Waals surface area (Å²) in [5.74, 6) is -2.07. The standard InChI is InChI=1S/C34H46Br2F4GeO2/c1-21(2)41(22(3)4,19-42-25-17-23(37)27(31(39)29(25)35)33(5)13-9-7-10-14-33)20-43-26-18-24(38)28(32(40)30(26)36)34(6)15-11-8-12-16-34/h17-18,21-22H,7-16,19-20H2,1-6H3. The van der Waals surface area contributed by atoms with Gasteiger partial charge in [-0.25, -0.2) is 0 Å². The summed E-state index contributed by atoms with van der Waals surface area (Å²) in [4.78, 5) is 0. The molecule has 0 spiro atoms. The fraction of sp³-hybridized carbons (Fsp3) is 0.647. The van der Waals surface area contributed by atoms with Crippen molar-refractivity contribution in [1.29, 1.82) is 0 Å². The number of halogens is 6. The molecule has 240 valence electrons. The molecule has 2 aromatic rings. The van der Waals surface area contributed by atoms with Crippen molar-refractivity contribution >= 4 is 45.1 Å². The van der Waals surface area contributed by atoms with Crippen LogP contribution in [0, 0.1) is 23.3 Å². The van der Waals surface area contributed by atoms with Crippen molar-refractivity contribution in [2.24, 2.45) is 0 Å². The van der Waals surface area contributed by atoms with Crippen LogP contribution in [0.4, 0.5) is 17.6 Å². The van der Waals surface area contributed by atoms with Gasteiger partial charge in [0.15, 0.2) is 0 Å². The van der Waals surface area contributed by atoms with Gasteiger partial charge < -0.3 is 0 Å². The molecular weight excluding hydrogens is 749 g/mol. The first-order valence-corrected chi connectivity index (χ1v) is 22.8. The Morgan fingerprint density at radius 2 is 0.977 bits per heavy atom. The van der Waals surface area contributed by atoms with Crippen molar-refractivity contribution in [3.8, 4) is 11.5 Å². The second-order valence-electron chi connectivity index (χ2n) is 14.1. The number of rotatable bonds is 10. The van der Waals surface area contributed by atoms with E-state index in [9.17, 15) is 0 Å². The molecule has 43 heavy (non-hydrogen) atoms. The molecule has 0 radical (unpaired) electrons. The molecule has 2 nitrogen and oxygen atoms in total. The van der Waals surface area contributed by atoms with Gasteiger partial charge in [0.25, 0.3) is 0 Å². The van der Waals surface area contributed by atoms with Crippen LogP contribution in [-0.4, -0.2) is 24.1 Å². The summed E-state index contributed by atoms with van der Waals surface area (Å²) in [7, 11) is 0. The quantitative estimate of drug-likeness (QED) is 0.135. The van der Waals surface area contributed by atoms with Crippen molar-refractivity contribution in [3.05, 3.63) is 55.5 Å². The van der Waals surface area contributed by atoms with Gasteiger partial charge in [-0.15, -0.1) is 0 Å². The van der Waals surface area contributed by atoms with Crippen LogP contribution in [0.2, 0.25) is 9.50 Å². The Morgan fingerprint density at radius 1 is 0.651 bits per heavy atom. The first-order valence-electron chi connectivity index (χ1n) is 15.8. The molecule has 0 atom stereocenters. The monoisotopic (exact) mass is 794 g/mol. The summed E-state index contributed by atoms with van der Waals surface area (Å²) in [6, 6.07) is 2.62. The Bertz CT molecular complexity index is 1200. The fourth-order valence-electron chi connectivity index (χ4n) is 7.43. The van der Waals surface area contributed by atoms with E-state index in [0.29, 0.717) is 0 Å². The molecule has 2 aromatic carbocycles. The zero-order valence-electron chi connectivity index (χ0n) is 26.4. The average Bonchev–Trinajstić information content (AvgIpc) is 2.94. The molecule has 2 aliphatic rings. The molecule has 9 heteroatoms. The van der Waals surface area contributed by atoms with Gasteiger partial charge in [0.2, 0.25) is 0 Å². The Kier molecular flexibility index (Phi) is 11.4. The second kappa shape index (κ2) is 13.9. The molecule has 2 saturated carbocycles. The second-order valence-corrected chi connectivity index (χ2v) is 26.9. The van der Waals surface area contributed by atoms with Crippen LogP contribution < -0.4 is 9.47 Å². The summed E-state index contributed by atoms with van der Waals surface area (Å²) in [6.45, 7) is 12.3. The van der Waals surface area contributed by atoms with Gasteiger partial charge in [0.1, 0.15) is 0 Å². The van der Waals surface area contributed by atoms with Crippen LogP contribution in [0.25, 0.3) is 0 Å². The van der Waals surface area contributed by atoms with Gasteiger partial charge in [-0.1, -0.05) is 0 Å². The van der Waals surface area contributed by atoms with E-state index in [0.717, 1.165) is 64.2 Å². The number of hydrogen-bond donors (Lipinski definition) is 0. The van der Waals surface area contributed by atoms with E-state index in [1.54, 1.807) is 0 Å². The van der Waals surface area contributed by atoms with Gasteiger partial charge >= 0.3 is 276 Å². The zero-order chi connectivity index (χ0) is 31.7. The van der Waals surface area contributed by atoms with Gasteiger partial charge in [-0.05, 0) is 0 Å². The van der Waals surface area contributed by atoms with Crippen molar-refractivity contribution in [1.82, 2.24) is 0 Å². The maximum absolute atomic E-state index is 15.7. The molecular formula is C34H46Br2F4GeO2. The van der Waals surface area contributed by atoms with Crippen molar-refractivity contribution in [3.63, 3.8) is 0 Å². The SMILES string of the molecule is C[CH](C)[Ge]([CH2]Oc1cc(F)c(C2(C)CCCCC2)c(F)c1Br)([CH2]Oc1cc(F)c(C2(C)CCCCC2)c(F)c1Br)[CH](C)C. The molecule has 2 fully saturated rings. The Hall–Kier alpha value is -0.737. The van der Waals surface area contributed by atoms with Gasteiger partial charge in [0.05, 0.1) is 0 Å². The number of benzene rings is 2. The van der Waals surface area contributed by atoms with Crippen LogP contribution >= 0.6 is 31.9 Å². The van der Waals surface area contributed by atoms with E-state index in [1.807, 2.05) is 13.8 Å². The zero-order valence-corrected chi connectivity index (χ0v) is 31.6.